The van der Waals surface area contributed by atoms with Gasteiger partial charge in [0.25, 0.3) is 0 Å². The van der Waals surface area contributed by atoms with Gasteiger partial charge in [0.2, 0.25) is 11.8 Å². The second-order valence-corrected chi connectivity index (χ2v) is 7.91. The molecule has 3 aromatic rings. The normalized spacial score (nSPS) is 10.6. The van der Waals surface area contributed by atoms with Gasteiger partial charge in [-0.05, 0) is 49.4 Å². The largest absolute Gasteiger partial charge is 0.497 e. The number of benzene rings is 2. The molecule has 1 heterocycles. The summed E-state index contributed by atoms with van der Waals surface area (Å²) < 4.78 is 20.1. The zero-order valence-corrected chi connectivity index (χ0v) is 19.0. The van der Waals surface area contributed by atoms with E-state index in [0.29, 0.717) is 34.6 Å². The van der Waals surface area contributed by atoms with Crippen molar-refractivity contribution >= 4 is 46.6 Å². The third kappa shape index (κ3) is 6.21. The summed E-state index contributed by atoms with van der Waals surface area (Å²) in [7, 11) is 1.57. The molecule has 0 saturated carbocycles. The molecule has 1 aromatic heterocycles. The maximum atomic E-state index is 13.2. The quantitative estimate of drug-likeness (QED) is 0.452. The summed E-state index contributed by atoms with van der Waals surface area (Å²) in [5, 5.41) is 14.1. The van der Waals surface area contributed by atoms with E-state index < -0.39 is 5.82 Å². The highest BCUT2D eigenvalue weighted by Gasteiger charge is 2.16. The van der Waals surface area contributed by atoms with Crippen molar-refractivity contribution in [1.82, 2.24) is 14.8 Å². The van der Waals surface area contributed by atoms with E-state index in [4.69, 9.17) is 16.3 Å². The average molecular weight is 478 g/mol. The molecule has 3 rings (SSSR count). The molecule has 2 N–H and O–H groups in total. The van der Waals surface area contributed by atoms with Gasteiger partial charge in [0.05, 0.1) is 24.3 Å². The van der Waals surface area contributed by atoms with Crippen molar-refractivity contribution in [1.29, 1.82) is 0 Å². The van der Waals surface area contributed by atoms with Gasteiger partial charge in [-0.2, -0.15) is 0 Å². The predicted octanol–water partition coefficient (Wildman–Crippen LogP) is 4.01. The maximum absolute atomic E-state index is 13.2. The van der Waals surface area contributed by atoms with Crippen LogP contribution in [-0.4, -0.2) is 39.4 Å². The monoisotopic (exact) mass is 477 g/mol. The summed E-state index contributed by atoms with van der Waals surface area (Å²) in [5.41, 5.74) is 1.04. The topological polar surface area (TPSA) is 98.1 Å². The molecule has 0 aliphatic rings. The summed E-state index contributed by atoms with van der Waals surface area (Å²) in [5.74, 6) is 0.153. The van der Waals surface area contributed by atoms with Crippen LogP contribution >= 0.6 is 23.4 Å². The molecule has 8 nitrogen and oxygen atoms in total. The van der Waals surface area contributed by atoms with E-state index in [1.807, 2.05) is 6.92 Å². The standard InChI is InChI=1S/C21H21ClFN5O3S/c1-3-28-18(11-19(29)24-13-4-7-15(31-2)8-5-13)26-27-21(28)32-12-20(30)25-14-6-9-17(23)16(22)10-14/h4-10H,3,11-12H2,1-2H3,(H,24,29)(H,25,30). The van der Waals surface area contributed by atoms with Crippen LogP contribution < -0.4 is 15.4 Å². The summed E-state index contributed by atoms with van der Waals surface area (Å²) in [6.45, 7) is 2.44. The number of thioether (sulfide) groups is 1. The van der Waals surface area contributed by atoms with Gasteiger partial charge in [-0.3, -0.25) is 9.59 Å². The summed E-state index contributed by atoms with van der Waals surface area (Å²) in [6.07, 6.45) is 0.0354. The maximum Gasteiger partial charge on any atom is 0.234 e. The number of aromatic nitrogens is 3. The minimum Gasteiger partial charge on any atom is -0.497 e. The van der Waals surface area contributed by atoms with Crippen LogP contribution in [0.2, 0.25) is 5.02 Å². The Labute approximate surface area is 193 Å². The highest BCUT2D eigenvalue weighted by Crippen LogP contribution is 2.21. The first-order valence-electron chi connectivity index (χ1n) is 9.63. The molecule has 11 heteroatoms. The molecule has 0 atom stereocenters. The molecule has 0 radical (unpaired) electrons. The molecule has 32 heavy (non-hydrogen) atoms. The van der Waals surface area contributed by atoms with E-state index in [2.05, 4.69) is 20.8 Å². The second kappa shape index (κ2) is 11.0. The minimum absolute atomic E-state index is 0.0354. The van der Waals surface area contributed by atoms with E-state index in [0.717, 1.165) is 0 Å². The number of nitrogens with zero attached hydrogens (tertiary/aromatic N) is 3. The fraction of sp³-hybridized carbons (Fsp3) is 0.238. The molecule has 0 aliphatic carbocycles. The van der Waals surface area contributed by atoms with Crippen LogP contribution in [0.5, 0.6) is 5.75 Å². The fourth-order valence-electron chi connectivity index (χ4n) is 2.80. The number of hydrogen-bond acceptors (Lipinski definition) is 6. The van der Waals surface area contributed by atoms with Gasteiger partial charge in [-0.1, -0.05) is 23.4 Å². The lowest BCUT2D eigenvalue weighted by atomic mass is 10.3. The van der Waals surface area contributed by atoms with E-state index in [1.54, 1.807) is 35.9 Å². The highest BCUT2D eigenvalue weighted by molar-refractivity contribution is 7.99. The van der Waals surface area contributed by atoms with Crippen LogP contribution in [-0.2, 0) is 22.6 Å². The van der Waals surface area contributed by atoms with Gasteiger partial charge in [-0.25, -0.2) is 4.39 Å². The van der Waals surface area contributed by atoms with Crippen LogP contribution in [0.4, 0.5) is 15.8 Å². The van der Waals surface area contributed by atoms with E-state index >= 15 is 0 Å². The van der Waals surface area contributed by atoms with Gasteiger partial charge in [-0.15, -0.1) is 10.2 Å². The molecule has 168 valence electrons. The number of carbonyl (C=O) groups excluding carboxylic acids is 2. The van der Waals surface area contributed by atoms with Crippen molar-refractivity contribution in [2.24, 2.45) is 0 Å². The Bertz CT molecular complexity index is 1110. The summed E-state index contributed by atoms with van der Waals surface area (Å²) >= 11 is 6.91. The number of halogens is 2. The van der Waals surface area contributed by atoms with Gasteiger partial charge in [0.1, 0.15) is 17.4 Å². The Balaban J connectivity index is 1.56. The van der Waals surface area contributed by atoms with Crippen LogP contribution in [0.15, 0.2) is 47.6 Å². The molecule has 0 aliphatic heterocycles. The number of ether oxygens (including phenoxy) is 1. The highest BCUT2D eigenvalue weighted by atomic mass is 35.5. The molecule has 0 bridgehead atoms. The third-order valence-corrected chi connectivity index (χ3v) is 5.59. The first kappa shape index (κ1) is 23.6. The Kier molecular flexibility index (Phi) is 8.07. The first-order chi connectivity index (χ1) is 15.4. The van der Waals surface area contributed by atoms with Crippen molar-refractivity contribution in [2.45, 2.75) is 25.0 Å². The van der Waals surface area contributed by atoms with Gasteiger partial charge < -0.3 is 19.9 Å². The van der Waals surface area contributed by atoms with Crippen molar-refractivity contribution in [3.05, 3.63) is 59.1 Å². The lowest BCUT2D eigenvalue weighted by Crippen LogP contribution is -2.18. The zero-order chi connectivity index (χ0) is 23.1. The number of methoxy groups -OCH3 is 1. The number of amides is 2. The van der Waals surface area contributed by atoms with Crippen LogP contribution in [0.1, 0.15) is 12.7 Å². The third-order valence-electron chi connectivity index (χ3n) is 4.34. The Morgan fingerprint density at radius 2 is 1.78 bits per heavy atom. The molecule has 0 fully saturated rings. The number of anilines is 2. The van der Waals surface area contributed by atoms with Crippen molar-refractivity contribution < 1.29 is 18.7 Å². The lowest BCUT2D eigenvalue weighted by Gasteiger charge is -2.09. The van der Waals surface area contributed by atoms with Crippen molar-refractivity contribution in [3.63, 3.8) is 0 Å². The molecule has 0 saturated heterocycles. The number of hydrogen-bond donors (Lipinski definition) is 2. The summed E-state index contributed by atoms with van der Waals surface area (Å²) in [4.78, 5) is 24.6. The Hall–Kier alpha value is -3.11. The number of nitrogens with one attached hydrogen (secondary N) is 2. The molecule has 2 aromatic carbocycles. The van der Waals surface area contributed by atoms with E-state index in [1.165, 1.54) is 30.0 Å². The molecular formula is C21H21ClFN5O3S. The Morgan fingerprint density at radius 1 is 1.09 bits per heavy atom. The number of rotatable bonds is 9. The molecular weight excluding hydrogens is 457 g/mol. The van der Waals surface area contributed by atoms with Gasteiger partial charge >= 0.3 is 0 Å². The first-order valence-corrected chi connectivity index (χ1v) is 11.0. The lowest BCUT2D eigenvalue weighted by molar-refractivity contribution is -0.116. The average Bonchev–Trinajstić information content (AvgIpc) is 3.16. The zero-order valence-electron chi connectivity index (χ0n) is 17.4. The molecule has 0 spiro atoms. The number of carbonyl (C=O) groups is 2. The van der Waals surface area contributed by atoms with Crippen molar-refractivity contribution in [3.8, 4) is 5.75 Å². The van der Waals surface area contributed by atoms with E-state index in [9.17, 15) is 14.0 Å². The SMILES string of the molecule is CCn1c(CC(=O)Nc2ccc(OC)cc2)nnc1SCC(=O)Nc1ccc(F)c(Cl)c1. The minimum atomic E-state index is -0.557. The van der Waals surface area contributed by atoms with Crippen LogP contribution in [0.25, 0.3) is 0 Å². The van der Waals surface area contributed by atoms with Gasteiger partial charge in [0, 0.05) is 17.9 Å². The second-order valence-electron chi connectivity index (χ2n) is 6.56. The van der Waals surface area contributed by atoms with Gasteiger partial charge in [0.15, 0.2) is 5.16 Å². The smallest absolute Gasteiger partial charge is 0.234 e. The molecule has 2 amide bonds. The van der Waals surface area contributed by atoms with Crippen LogP contribution in [0.3, 0.4) is 0 Å². The Morgan fingerprint density at radius 3 is 2.44 bits per heavy atom. The van der Waals surface area contributed by atoms with Crippen molar-refractivity contribution in [2.75, 3.05) is 23.5 Å². The fourth-order valence-corrected chi connectivity index (χ4v) is 3.80. The molecule has 0 unspecified atom stereocenters. The van der Waals surface area contributed by atoms with Crippen LogP contribution in [0, 0.1) is 5.82 Å². The summed E-state index contributed by atoms with van der Waals surface area (Å²) in [6, 6.07) is 11.0. The van der Waals surface area contributed by atoms with E-state index in [-0.39, 0.29) is 29.0 Å². The predicted molar refractivity (Wildman–Crippen MR) is 122 cm³/mol.